The molecule has 0 atom stereocenters. The first-order chi connectivity index (χ1) is 9.77. The van der Waals surface area contributed by atoms with E-state index in [1.807, 2.05) is 0 Å². The fourth-order valence-electron chi connectivity index (χ4n) is 1.85. The Bertz CT molecular complexity index is 644. The maximum Gasteiger partial charge on any atom is 0.433 e. The van der Waals surface area contributed by atoms with Gasteiger partial charge in [0.1, 0.15) is 11.5 Å². The van der Waals surface area contributed by atoms with Gasteiger partial charge in [0.15, 0.2) is 0 Å². The molecule has 0 amide bonds. The lowest BCUT2D eigenvalue weighted by atomic mass is 10.2. The average Bonchev–Trinajstić information content (AvgIpc) is 2.42. The van der Waals surface area contributed by atoms with Crippen LogP contribution in [0.1, 0.15) is 11.3 Å². The second kappa shape index (κ2) is 5.81. The van der Waals surface area contributed by atoms with Crippen molar-refractivity contribution in [3.8, 4) is 0 Å². The van der Waals surface area contributed by atoms with E-state index in [0.29, 0.717) is 17.3 Å². The quantitative estimate of drug-likeness (QED) is 0.871. The normalized spacial score (nSPS) is 11.5. The van der Waals surface area contributed by atoms with Gasteiger partial charge < -0.3 is 10.6 Å². The van der Waals surface area contributed by atoms with E-state index >= 15 is 0 Å². The number of hydrogen-bond donors (Lipinski definition) is 1. The topological polar surface area (TPSA) is 42.1 Å². The predicted octanol–water partition coefficient (Wildman–Crippen LogP) is 3.97. The van der Waals surface area contributed by atoms with Crippen molar-refractivity contribution in [1.29, 1.82) is 0 Å². The summed E-state index contributed by atoms with van der Waals surface area (Å²) in [5.74, 6) is 0.211. The van der Waals surface area contributed by atoms with E-state index in [1.54, 1.807) is 30.1 Å². The fourth-order valence-corrected chi connectivity index (χ4v) is 2.02. The Kier molecular flexibility index (Phi) is 4.27. The molecule has 0 unspecified atom stereocenters. The third-order valence-electron chi connectivity index (χ3n) is 2.89. The van der Waals surface area contributed by atoms with Crippen LogP contribution in [-0.2, 0) is 12.7 Å². The molecule has 0 aliphatic rings. The summed E-state index contributed by atoms with van der Waals surface area (Å²) in [5.41, 5.74) is 6.02. The van der Waals surface area contributed by atoms with E-state index in [9.17, 15) is 13.2 Å². The number of aromatic nitrogens is 1. The zero-order chi connectivity index (χ0) is 15.6. The van der Waals surface area contributed by atoms with Crippen LogP contribution in [-0.4, -0.2) is 12.0 Å². The van der Waals surface area contributed by atoms with Gasteiger partial charge >= 0.3 is 6.18 Å². The number of halogens is 4. The first-order valence-electron chi connectivity index (χ1n) is 6.06. The number of nitrogens with two attached hydrogens (primary N) is 1. The lowest BCUT2D eigenvalue weighted by Crippen LogP contribution is -2.19. The molecule has 0 fully saturated rings. The molecule has 1 aromatic carbocycles. The van der Waals surface area contributed by atoms with Gasteiger partial charge in [-0.15, -0.1) is 0 Å². The van der Waals surface area contributed by atoms with Crippen molar-refractivity contribution >= 4 is 23.1 Å². The van der Waals surface area contributed by atoms with Crippen molar-refractivity contribution in [2.45, 2.75) is 12.7 Å². The Morgan fingerprint density at radius 2 is 1.95 bits per heavy atom. The molecule has 2 N–H and O–H groups in total. The molecular formula is C14H13ClF3N3. The van der Waals surface area contributed by atoms with E-state index in [1.165, 1.54) is 12.1 Å². The molecule has 0 spiro atoms. The molecule has 2 aromatic rings. The second-order valence-corrected chi connectivity index (χ2v) is 4.99. The summed E-state index contributed by atoms with van der Waals surface area (Å²) < 4.78 is 38.0. The number of hydrogen-bond acceptors (Lipinski definition) is 3. The lowest BCUT2D eigenvalue weighted by molar-refractivity contribution is -0.141. The van der Waals surface area contributed by atoms with Crippen LogP contribution >= 0.6 is 11.6 Å². The van der Waals surface area contributed by atoms with Gasteiger partial charge in [-0.1, -0.05) is 17.7 Å². The van der Waals surface area contributed by atoms with Gasteiger partial charge in [0, 0.05) is 24.3 Å². The minimum atomic E-state index is -4.47. The van der Waals surface area contributed by atoms with Crippen molar-refractivity contribution in [2.75, 3.05) is 17.7 Å². The zero-order valence-electron chi connectivity index (χ0n) is 11.2. The summed E-state index contributed by atoms with van der Waals surface area (Å²) in [4.78, 5) is 5.20. The summed E-state index contributed by atoms with van der Waals surface area (Å²) in [5, 5.41) is 0.503. The molecule has 1 heterocycles. The first kappa shape index (κ1) is 15.4. The molecule has 0 aliphatic carbocycles. The molecule has 112 valence electrons. The van der Waals surface area contributed by atoms with E-state index in [-0.39, 0.29) is 5.82 Å². The van der Waals surface area contributed by atoms with Gasteiger partial charge in [-0.25, -0.2) is 4.98 Å². The van der Waals surface area contributed by atoms with E-state index in [4.69, 9.17) is 17.3 Å². The van der Waals surface area contributed by atoms with Crippen molar-refractivity contribution in [1.82, 2.24) is 4.98 Å². The van der Waals surface area contributed by atoms with Crippen molar-refractivity contribution < 1.29 is 13.2 Å². The van der Waals surface area contributed by atoms with E-state index in [0.717, 1.165) is 11.6 Å². The van der Waals surface area contributed by atoms with Crippen LogP contribution in [0.4, 0.5) is 24.7 Å². The van der Waals surface area contributed by atoms with E-state index in [2.05, 4.69) is 4.98 Å². The maximum atomic E-state index is 12.7. The third-order valence-corrected chi connectivity index (χ3v) is 3.26. The highest BCUT2D eigenvalue weighted by Gasteiger charge is 2.32. The van der Waals surface area contributed by atoms with Crippen LogP contribution in [0, 0.1) is 0 Å². The molecular weight excluding hydrogens is 303 g/mol. The molecule has 3 nitrogen and oxygen atoms in total. The summed E-state index contributed by atoms with van der Waals surface area (Å²) in [6, 6.07) is 8.77. The Morgan fingerprint density at radius 3 is 2.62 bits per heavy atom. The van der Waals surface area contributed by atoms with Gasteiger partial charge in [-0.05, 0) is 35.9 Å². The Morgan fingerprint density at radius 1 is 1.24 bits per heavy atom. The smallest absolute Gasteiger partial charge is 0.399 e. The second-order valence-electron chi connectivity index (χ2n) is 4.59. The molecule has 0 saturated heterocycles. The number of anilines is 2. The summed E-state index contributed by atoms with van der Waals surface area (Å²) in [6.07, 6.45) is -4.47. The third kappa shape index (κ3) is 3.78. The van der Waals surface area contributed by atoms with Gasteiger partial charge in [0.25, 0.3) is 0 Å². The van der Waals surface area contributed by atoms with E-state index < -0.39 is 11.9 Å². The highest BCUT2D eigenvalue weighted by Crippen LogP contribution is 2.29. The van der Waals surface area contributed by atoms with Crippen molar-refractivity contribution in [3.05, 3.63) is 52.7 Å². The summed E-state index contributed by atoms with van der Waals surface area (Å²) in [7, 11) is 1.64. The maximum absolute atomic E-state index is 12.7. The molecule has 0 radical (unpaired) electrons. The Balaban J connectivity index is 2.24. The highest BCUT2D eigenvalue weighted by molar-refractivity contribution is 6.31. The standard InChI is InChI=1S/C14H13ClF3N3/c1-21(8-9-7-10(19)5-6-11(9)15)13-4-2-3-12(20-13)14(16,17)18/h2-7H,8,19H2,1H3. The number of alkyl halides is 3. The molecule has 0 saturated carbocycles. The number of nitrogens with zero attached hydrogens (tertiary/aromatic N) is 2. The SMILES string of the molecule is CN(Cc1cc(N)ccc1Cl)c1cccc(C(F)(F)F)n1. The Labute approximate surface area is 125 Å². The van der Waals surface area contributed by atoms with Gasteiger partial charge in [0.2, 0.25) is 0 Å². The Hall–Kier alpha value is -1.95. The summed E-state index contributed by atoms with van der Waals surface area (Å²) in [6.45, 7) is 0.304. The zero-order valence-corrected chi connectivity index (χ0v) is 11.9. The van der Waals surface area contributed by atoms with Crippen molar-refractivity contribution in [3.63, 3.8) is 0 Å². The number of pyridine rings is 1. The van der Waals surface area contributed by atoms with Crippen LogP contribution in [0.15, 0.2) is 36.4 Å². The monoisotopic (exact) mass is 315 g/mol. The number of rotatable bonds is 3. The predicted molar refractivity (Wildman–Crippen MR) is 77.2 cm³/mol. The molecule has 0 aliphatic heterocycles. The summed E-state index contributed by atoms with van der Waals surface area (Å²) >= 11 is 6.05. The van der Waals surface area contributed by atoms with Crippen molar-refractivity contribution in [2.24, 2.45) is 0 Å². The molecule has 7 heteroatoms. The van der Waals surface area contributed by atoms with Gasteiger partial charge in [0.05, 0.1) is 0 Å². The highest BCUT2D eigenvalue weighted by atomic mass is 35.5. The lowest BCUT2D eigenvalue weighted by Gasteiger charge is -2.20. The average molecular weight is 316 g/mol. The van der Waals surface area contributed by atoms with Crippen LogP contribution in [0.5, 0.6) is 0 Å². The van der Waals surface area contributed by atoms with Crippen LogP contribution in [0.2, 0.25) is 5.02 Å². The minimum Gasteiger partial charge on any atom is -0.399 e. The molecule has 1 aromatic heterocycles. The van der Waals surface area contributed by atoms with Crippen LogP contribution in [0.25, 0.3) is 0 Å². The largest absolute Gasteiger partial charge is 0.433 e. The fraction of sp³-hybridized carbons (Fsp3) is 0.214. The first-order valence-corrected chi connectivity index (χ1v) is 6.44. The number of benzene rings is 1. The minimum absolute atomic E-state index is 0.211. The molecule has 21 heavy (non-hydrogen) atoms. The van der Waals surface area contributed by atoms with Crippen LogP contribution < -0.4 is 10.6 Å². The molecule has 2 rings (SSSR count). The number of nitrogen functional groups attached to an aromatic ring is 1. The van der Waals surface area contributed by atoms with Crippen LogP contribution in [0.3, 0.4) is 0 Å². The van der Waals surface area contributed by atoms with Gasteiger partial charge in [-0.3, -0.25) is 0 Å². The molecule has 0 bridgehead atoms. The van der Waals surface area contributed by atoms with Gasteiger partial charge in [-0.2, -0.15) is 13.2 Å².